The van der Waals surface area contributed by atoms with Crippen LogP contribution < -0.4 is 5.32 Å². The molecule has 3 aromatic carbocycles. The fourth-order valence-electron chi connectivity index (χ4n) is 5.10. The van der Waals surface area contributed by atoms with Gasteiger partial charge in [0.15, 0.2) is 11.4 Å². The molecule has 0 bridgehead atoms. The van der Waals surface area contributed by atoms with E-state index in [1.165, 1.54) is 0 Å². The van der Waals surface area contributed by atoms with Gasteiger partial charge in [-0.1, -0.05) is 72.4 Å². The minimum atomic E-state index is -0.900. The highest BCUT2D eigenvalue weighted by Gasteiger charge is 2.32. The monoisotopic (exact) mass is 615 g/mol. The van der Waals surface area contributed by atoms with Crippen LogP contribution in [0.5, 0.6) is 0 Å². The zero-order valence-electron chi connectivity index (χ0n) is 24.6. The van der Waals surface area contributed by atoms with Gasteiger partial charge in [0.2, 0.25) is 5.91 Å². The molecule has 230 valence electrons. The number of nitrogens with zero attached hydrogens (tertiary/aromatic N) is 2. The molecular formula is C34H37N3O6S. The predicted octanol–water partition coefficient (Wildman–Crippen LogP) is 5.79. The van der Waals surface area contributed by atoms with Crippen molar-refractivity contribution in [1.82, 2.24) is 14.9 Å². The third-order valence-corrected chi connectivity index (χ3v) is 8.68. The molecule has 44 heavy (non-hydrogen) atoms. The van der Waals surface area contributed by atoms with Gasteiger partial charge in [0.25, 0.3) is 0 Å². The number of carbonyl (C=O) groups excluding carboxylic acids is 1. The van der Waals surface area contributed by atoms with E-state index in [0.717, 1.165) is 44.3 Å². The van der Waals surface area contributed by atoms with E-state index in [2.05, 4.69) is 16.4 Å². The molecule has 1 aliphatic heterocycles. The first-order valence-electron chi connectivity index (χ1n) is 14.7. The summed E-state index contributed by atoms with van der Waals surface area (Å²) in [7, 11) is 1.98. The van der Waals surface area contributed by atoms with Crippen LogP contribution in [0.1, 0.15) is 60.3 Å². The summed E-state index contributed by atoms with van der Waals surface area (Å²) in [5.74, 6) is -0.344. The number of benzene rings is 3. The van der Waals surface area contributed by atoms with Crippen molar-refractivity contribution in [2.75, 3.05) is 5.75 Å². The largest absolute Gasteiger partial charge is 0.481 e. The average Bonchev–Trinajstić information content (AvgIpc) is 3.47. The van der Waals surface area contributed by atoms with E-state index < -0.39 is 12.3 Å². The normalized spacial score (nSPS) is 18.2. The Labute approximate surface area is 261 Å². The number of hydrogen-bond acceptors (Lipinski definition) is 7. The lowest BCUT2D eigenvalue weighted by Crippen LogP contribution is -2.31. The Morgan fingerprint density at radius 3 is 2.48 bits per heavy atom. The number of aliphatic hydroxyl groups is 1. The number of ether oxygens (including phenoxy) is 2. The minimum absolute atomic E-state index is 0.00632. The Morgan fingerprint density at radius 1 is 0.977 bits per heavy atom. The van der Waals surface area contributed by atoms with Crippen molar-refractivity contribution in [1.29, 1.82) is 0 Å². The highest BCUT2D eigenvalue weighted by Crippen LogP contribution is 2.40. The van der Waals surface area contributed by atoms with Gasteiger partial charge in [0.05, 0.1) is 18.8 Å². The maximum Gasteiger partial charge on any atom is 0.303 e. The van der Waals surface area contributed by atoms with E-state index in [1.807, 2.05) is 84.5 Å². The van der Waals surface area contributed by atoms with Gasteiger partial charge in [-0.2, -0.15) is 0 Å². The van der Waals surface area contributed by atoms with E-state index in [0.29, 0.717) is 19.4 Å². The van der Waals surface area contributed by atoms with Crippen LogP contribution in [-0.4, -0.2) is 43.5 Å². The Kier molecular flexibility index (Phi) is 10.8. The first-order valence-corrected chi connectivity index (χ1v) is 15.6. The lowest BCUT2D eigenvalue weighted by atomic mass is 9.99. The number of carboxylic acid groups (broad SMARTS) is 1. The van der Waals surface area contributed by atoms with Crippen LogP contribution in [0.2, 0.25) is 0 Å². The van der Waals surface area contributed by atoms with Crippen molar-refractivity contribution in [2.24, 2.45) is 7.05 Å². The SMILES string of the molecule is Cn1ccnc1SC[C@@H]1C[C@H](c2ccc(CO)cc2)O[C@H](c2cccc(-c3cccc(CNC(=O)CCCC(=O)O)c3)c2)O1. The van der Waals surface area contributed by atoms with E-state index >= 15 is 0 Å². The second kappa shape index (κ2) is 15.2. The Bertz CT molecular complexity index is 1560. The zero-order valence-corrected chi connectivity index (χ0v) is 25.4. The molecule has 0 spiro atoms. The number of aryl methyl sites for hydroxylation is 1. The van der Waals surface area contributed by atoms with Crippen LogP contribution in [0.4, 0.5) is 0 Å². The van der Waals surface area contributed by atoms with Crippen LogP contribution in [-0.2, 0) is 39.3 Å². The molecule has 9 nitrogen and oxygen atoms in total. The summed E-state index contributed by atoms with van der Waals surface area (Å²) in [6.45, 7) is 0.355. The van der Waals surface area contributed by atoms with Gasteiger partial charge < -0.3 is 29.6 Å². The van der Waals surface area contributed by atoms with Gasteiger partial charge in [-0.3, -0.25) is 9.59 Å². The summed E-state index contributed by atoms with van der Waals surface area (Å²) in [5.41, 5.74) is 5.74. The average molecular weight is 616 g/mol. The summed E-state index contributed by atoms with van der Waals surface area (Å²) < 4.78 is 15.1. The van der Waals surface area contributed by atoms with Crippen LogP contribution in [0.3, 0.4) is 0 Å². The second-order valence-corrected chi connectivity index (χ2v) is 11.8. The first kappa shape index (κ1) is 31.5. The fraction of sp³-hybridized carbons (Fsp3) is 0.324. The maximum absolute atomic E-state index is 12.1. The van der Waals surface area contributed by atoms with Gasteiger partial charge in [-0.25, -0.2) is 4.98 Å². The Morgan fingerprint density at radius 2 is 1.75 bits per heavy atom. The molecule has 5 rings (SSSR count). The molecule has 1 fully saturated rings. The third kappa shape index (κ3) is 8.57. The number of rotatable bonds is 13. The molecule has 0 radical (unpaired) electrons. The molecule has 0 unspecified atom stereocenters. The van der Waals surface area contributed by atoms with Crippen LogP contribution in [0.25, 0.3) is 11.1 Å². The van der Waals surface area contributed by atoms with Gasteiger partial charge in [0.1, 0.15) is 0 Å². The number of aliphatic carboxylic acids is 1. The standard InChI is InChI=1S/C34H37N3O6S/c1-37-16-15-35-34(37)44-22-29-19-30(25-13-11-23(21-38)12-14-25)43-33(42-29)28-8-3-7-27(18-28)26-6-2-5-24(17-26)20-36-31(39)9-4-10-32(40)41/h2-3,5-8,11-18,29-30,33,38H,4,9-10,19-22H2,1H3,(H,36,39)(H,40,41)/t29-,30+,33+/m0/s1. The molecule has 4 aromatic rings. The summed E-state index contributed by atoms with van der Waals surface area (Å²) >= 11 is 1.66. The molecule has 1 saturated heterocycles. The zero-order chi connectivity index (χ0) is 30.9. The highest BCUT2D eigenvalue weighted by molar-refractivity contribution is 7.99. The van der Waals surface area contributed by atoms with Crippen molar-refractivity contribution in [3.8, 4) is 11.1 Å². The van der Waals surface area contributed by atoms with Crippen molar-refractivity contribution in [3.63, 3.8) is 0 Å². The summed E-state index contributed by atoms with van der Waals surface area (Å²) in [6.07, 6.45) is 4.05. The fourth-order valence-corrected chi connectivity index (χ4v) is 6.05. The van der Waals surface area contributed by atoms with Crippen molar-refractivity contribution in [3.05, 3.63) is 107 Å². The second-order valence-electron chi connectivity index (χ2n) is 10.8. The van der Waals surface area contributed by atoms with E-state index in [1.54, 1.807) is 18.0 Å². The predicted molar refractivity (Wildman–Crippen MR) is 168 cm³/mol. The molecule has 10 heteroatoms. The van der Waals surface area contributed by atoms with E-state index in [-0.39, 0.29) is 37.6 Å². The van der Waals surface area contributed by atoms with Crippen LogP contribution in [0, 0.1) is 0 Å². The molecule has 1 aliphatic rings. The minimum Gasteiger partial charge on any atom is -0.481 e. The Balaban J connectivity index is 1.31. The number of aromatic nitrogens is 2. The molecule has 0 saturated carbocycles. The summed E-state index contributed by atoms with van der Waals surface area (Å²) in [4.78, 5) is 27.3. The number of hydrogen-bond donors (Lipinski definition) is 3. The number of aliphatic hydroxyl groups excluding tert-OH is 1. The molecule has 1 aromatic heterocycles. The lowest BCUT2D eigenvalue weighted by molar-refractivity contribution is -0.245. The number of amides is 1. The quantitative estimate of drug-likeness (QED) is 0.162. The van der Waals surface area contributed by atoms with Gasteiger partial charge in [-0.05, 0) is 46.4 Å². The topological polar surface area (TPSA) is 123 Å². The summed E-state index contributed by atoms with van der Waals surface area (Å²) in [6, 6.07) is 24.0. The number of carbonyl (C=O) groups is 2. The van der Waals surface area contributed by atoms with Gasteiger partial charge in [0, 0.05) is 56.6 Å². The number of carboxylic acids is 1. The molecule has 3 N–H and O–H groups in total. The third-order valence-electron chi connectivity index (χ3n) is 7.49. The van der Waals surface area contributed by atoms with Crippen LogP contribution in [0.15, 0.2) is 90.3 Å². The van der Waals surface area contributed by atoms with Crippen molar-refractivity contribution < 1.29 is 29.3 Å². The van der Waals surface area contributed by atoms with Crippen molar-refractivity contribution in [2.45, 2.75) is 62.5 Å². The molecule has 0 aliphatic carbocycles. The van der Waals surface area contributed by atoms with E-state index in [9.17, 15) is 14.7 Å². The number of imidazole rings is 1. The smallest absolute Gasteiger partial charge is 0.303 e. The maximum atomic E-state index is 12.1. The van der Waals surface area contributed by atoms with Crippen molar-refractivity contribution >= 4 is 23.6 Å². The molecular weight excluding hydrogens is 578 g/mol. The van der Waals surface area contributed by atoms with Gasteiger partial charge >= 0.3 is 5.97 Å². The number of thioether (sulfide) groups is 1. The highest BCUT2D eigenvalue weighted by atomic mass is 32.2. The molecule has 1 amide bonds. The van der Waals surface area contributed by atoms with Crippen LogP contribution >= 0.6 is 11.8 Å². The van der Waals surface area contributed by atoms with E-state index in [4.69, 9.17) is 14.6 Å². The first-order chi connectivity index (χ1) is 21.4. The molecule has 3 atom stereocenters. The lowest BCUT2D eigenvalue weighted by Gasteiger charge is -2.36. The van der Waals surface area contributed by atoms with Gasteiger partial charge in [-0.15, -0.1) is 0 Å². The summed E-state index contributed by atoms with van der Waals surface area (Å²) in [5, 5.41) is 22.1. The number of nitrogens with one attached hydrogen (secondary N) is 1. The Hall–Kier alpha value is -3.96. The molecule has 2 heterocycles.